The molecule has 0 aliphatic rings. The van der Waals surface area contributed by atoms with Gasteiger partial charge in [-0.15, -0.1) is 0 Å². The molecule has 1 N–H and O–H groups in total. The van der Waals surface area contributed by atoms with Gasteiger partial charge >= 0.3 is 0 Å². The Morgan fingerprint density at radius 1 is 1.20 bits per heavy atom. The van der Waals surface area contributed by atoms with E-state index in [0.29, 0.717) is 16.9 Å². The number of ether oxygens (including phenoxy) is 1. The van der Waals surface area contributed by atoms with Crippen molar-refractivity contribution >= 4 is 11.6 Å². The molecule has 0 heterocycles. The molecular weight excluding hydrogens is 286 g/mol. The van der Waals surface area contributed by atoms with Crippen molar-refractivity contribution in [1.29, 1.82) is 0 Å². The summed E-state index contributed by atoms with van der Waals surface area (Å²) in [7, 11) is 0. The fraction of sp³-hybridized carbons (Fsp3) is 0.200. The molecule has 106 valence electrons. The van der Waals surface area contributed by atoms with E-state index in [0.717, 1.165) is 0 Å². The maximum atomic E-state index is 13.1. The largest absolute Gasteiger partial charge is 0.489 e. The van der Waals surface area contributed by atoms with Gasteiger partial charge in [-0.25, -0.2) is 8.78 Å². The molecule has 0 bridgehead atoms. The predicted molar refractivity (Wildman–Crippen MR) is 72.8 cm³/mol. The second kappa shape index (κ2) is 6.20. The van der Waals surface area contributed by atoms with Crippen LogP contribution in [-0.2, 0) is 6.61 Å². The lowest BCUT2D eigenvalue weighted by Gasteiger charge is -2.13. The summed E-state index contributed by atoms with van der Waals surface area (Å²) < 4.78 is 31.7. The third kappa shape index (κ3) is 3.46. The van der Waals surface area contributed by atoms with Crippen LogP contribution in [0.4, 0.5) is 8.78 Å². The molecule has 0 saturated heterocycles. The second-order valence-corrected chi connectivity index (χ2v) is 4.80. The summed E-state index contributed by atoms with van der Waals surface area (Å²) in [5.74, 6) is -0.568. The highest BCUT2D eigenvalue weighted by Crippen LogP contribution is 2.27. The van der Waals surface area contributed by atoms with E-state index in [4.69, 9.17) is 16.3 Å². The van der Waals surface area contributed by atoms with Gasteiger partial charge in [-0.05, 0) is 42.8 Å². The average molecular weight is 299 g/mol. The standard InChI is InChI=1S/C15H13ClF2O2/c1-9(19)12-7-11(17)3-5-15(12)20-8-10-2-4-14(18)13(16)6-10/h2-7,9,19H,8H2,1H3/t9-/m0/s1. The number of rotatable bonds is 4. The molecule has 0 radical (unpaired) electrons. The summed E-state index contributed by atoms with van der Waals surface area (Å²) in [4.78, 5) is 0. The van der Waals surface area contributed by atoms with Crippen molar-refractivity contribution < 1.29 is 18.6 Å². The molecule has 2 rings (SSSR count). The molecule has 1 atom stereocenters. The van der Waals surface area contributed by atoms with Crippen LogP contribution < -0.4 is 4.74 Å². The van der Waals surface area contributed by atoms with E-state index in [1.165, 1.54) is 37.3 Å². The zero-order valence-corrected chi connectivity index (χ0v) is 11.5. The number of aliphatic hydroxyl groups is 1. The van der Waals surface area contributed by atoms with Crippen molar-refractivity contribution in [1.82, 2.24) is 0 Å². The van der Waals surface area contributed by atoms with E-state index in [1.54, 1.807) is 6.07 Å². The third-order valence-electron chi connectivity index (χ3n) is 2.80. The molecule has 2 aromatic carbocycles. The lowest BCUT2D eigenvalue weighted by atomic mass is 10.1. The Morgan fingerprint density at radius 3 is 2.60 bits per heavy atom. The van der Waals surface area contributed by atoms with E-state index in [2.05, 4.69) is 0 Å². The summed E-state index contributed by atoms with van der Waals surface area (Å²) in [5.41, 5.74) is 1.04. The highest BCUT2D eigenvalue weighted by Gasteiger charge is 2.11. The van der Waals surface area contributed by atoms with Gasteiger partial charge in [0.15, 0.2) is 0 Å². The Morgan fingerprint density at radius 2 is 1.95 bits per heavy atom. The van der Waals surface area contributed by atoms with Crippen LogP contribution in [0.1, 0.15) is 24.2 Å². The molecule has 0 aliphatic carbocycles. The highest BCUT2D eigenvalue weighted by molar-refractivity contribution is 6.30. The lowest BCUT2D eigenvalue weighted by Crippen LogP contribution is -2.02. The van der Waals surface area contributed by atoms with Gasteiger partial charge in [-0.3, -0.25) is 0 Å². The first kappa shape index (κ1) is 14.8. The topological polar surface area (TPSA) is 29.5 Å². The molecule has 0 unspecified atom stereocenters. The fourth-order valence-corrected chi connectivity index (χ4v) is 1.97. The first-order valence-electron chi connectivity index (χ1n) is 6.01. The van der Waals surface area contributed by atoms with E-state index in [-0.39, 0.29) is 11.6 Å². The fourth-order valence-electron chi connectivity index (χ4n) is 1.77. The minimum absolute atomic E-state index is 0.0148. The quantitative estimate of drug-likeness (QED) is 0.914. The molecule has 20 heavy (non-hydrogen) atoms. The monoisotopic (exact) mass is 298 g/mol. The number of benzene rings is 2. The number of hydrogen-bond acceptors (Lipinski definition) is 2. The molecule has 5 heteroatoms. The van der Waals surface area contributed by atoms with E-state index < -0.39 is 17.7 Å². The van der Waals surface area contributed by atoms with Gasteiger partial charge in [-0.1, -0.05) is 17.7 Å². The third-order valence-corrected chi connectivity index (χ3v) is 3.09. The zero-order chi connectivity index (χ0) is 14.7. The Bertz CT molecular complexity index is 615. The van der Waals surface area contributed by atoms with Gasteiger partial charge in [0.1, 0.15) is 24.0 Å². The summed E-state index contributed by atoms with van der Waals surface area (Å²) >= 11 is 5.68. The molecule has 0 aliphatic heterocycles. The van der Waals surface area contributed by atoms with Crippen LogP contribution in [0, 0.1) is 11.6 Å². The van der Waals surface area contributed by atoms with E-state index in [1.807, 2.05) is 0 Å². The SMILES string of the molecule is C[C@H](O)c1cc(F)ccc1OCc1ccc(F)c(Cl)c1. The number of hydrogen-bond donors (Lipinski definition) is 1. The van der Waals surface area contributed by atoms with Gasteiger partial charge in [-0.2, -0.15) is 0 Å². The smallest absolute Gasteiger partial charge is 0.141 e. The Balaban J connectivity index is 2.16. The van der Waals surface area contributed by atoms with Gasteiger partial charge in [0.25, 0.3) is 0 Å². The Hall–Kier alpha value is -1.65. The van der Waals surface area contributed by atoms with E-state index >= 15 is 0 Å². The molecule has 0 spiro atoms. The van der Waals surface area contributed by atoms with Crippen molar-refractivity contribution in [3.05, 3.63) is 64.2 Å². The van der Waals surface area contributed by atoms with Gasteiger partial charge in [0.2, 0.25) is 0 Å². The summed E-state index contributed by atoms with van der Waals surface area (Å²) in [6, 6.07) is 8.18. The van der Waals surface area contributed by atoms with Crippen LogP contribution in [-0.4, -0.2) is 5.11 Å². The molecule has 0 saturated carbocycles. The first-order chi connectivity index (χ1) is 9.47. The summed E-state index contributed by atoms with van der Waals surface area (Å²) in [5, 5.41) is 9.60. The summed E-state index contributed by atoms with van der Waals surface area (Å²) in [6.07, 6.45) is -0.850. The minimum atomic E-state index is -0.850. The van der Waals surface area contributed by atoms with Gasteiger partial charge in [0, 0.05) is 5.56 Å². The van der Waals surface area contributed by atoms with Crippen LogP contribution in [0.15, 0.2) is 36.4 Å². The predicted octanol–water partition coefficient (Wildman–Crippen LogP) is 4.25. The summed E-state index contributed by atoms with van der Waals surface area (Å²) in [6.45, 7) is 1.67. The van der Waals surface area contributed by atoms with Crippen molar-refractivity contribution in [3.8, 4) is 5.75 Å². The van der Waals surface area contributed by atoms with Crippen molar-refractivity contribution in [2.45, 2.75) is 19.6 Å². The lowest BCUT2D eigenvalue weighted by molar-refractivity contribution is 0.189. The molecule has 0 aromatic heterocycles. The molecule has 0 amide bonds. The van der Waals surface area contributed by atoms with Gasteiger partial charge in [0.05, 0.1) is 11.1 Å². The molecule has 2 aromatic rings. The average Bonchev–Trinajstić information content (AvgIpc) is 2.41. The molecule has 0 fully saturated rings. The molecular formula is C15H13ClF2O2. The Kier molecular flexibility index (Phi) is 4.57. The van der Waals surface area contributed by atoms with Crippen molar-refractivity contribution in [2.75, 3.05) is 0 Å². The van der Waals surface area contributed by atoms with Crippen molar-refractivity contribution in [2.24, 2.45) is 0 Å². The van der Waals surface area contributed by atoms with Gasteiger partial charge < -0.3 is 9.84 Å². The number of aliphatic hydroxyl groups excluding tert-OH is 1. The van der Waals surface area contributed by atoms with Crippen LogP contribution in [0.5, 0.6) is 5.75 Å². The van der Waals surface area contributed by atoms with Crippen LogP contribution in [0.25, 0.3) is 0 Å². The highest BCUT2D eigenvalue weighted by atomic mass is 35.5. The van der Waals surface area contributed by atoms with Crippen LogP contribution >= 0.6 is 11.6 Å². The second-order valence-electron chi connectivity index (χ2n) is 4.40. The normalized spacial score (nSPS) is 12.2. The number of halogens is 3. The minimum Gasteiger partial charge on any atom is -0.489 e. The Labute approximate surface area is 120 Å². The van der Waals surface area contributed by atoms with Crippen LogP contribution in [0.3, 0.4) is 0 Å². The molecule has 2 nitrogen and oxygen atoms in total. The zero-order valence-electron chi connectivity index (χ0n) is 10.7. The van der Waals surface area contributed by atoms with Crippen molar-refractivity contribution in [3.63, 3.8) is 0 Å². The maximum Gasteiger partial charge on any atom is 0.141 e. The van der Waals surface area contributed by atoms with Crippen LogP contribution in [0.2, 0.25) is 5.02 Å². The first-order valence-corrected chi connectivity index (χ1v) is 6.39. The maximum absolute atomic E-state index is 13.1. The van der Waals surface area contributed by atoms with E-state index in [9.17, 15) is 13.9 Å².